The maximum Gasteiger partial charge on any atom is 0.263 e. The average Bonchev–Trinajstić information content (AvgIpc) is 2.73. The number of rotatable bonds is 6. The number of halogens is 1. The normalized spacial score (nSPS) is 16.5. The number of aliphatic imine (C=N–C) groups is 1. The van der Waals surface area contributed by atoms with E-state index in [0.29, 0.717) is 18.7 Å². The number of amidine groups is 1. The van der Waals surface area contributed by atoms with Crippen molar-refractivity contribution in [2.24, 2.45) is 10.7 Å². The Morgan fingerprint density at radius 2 is 2.00 bits per heavy atom. The van der Waals surface area contributed by atoms with Crippen LogP contribution >= 0.6 is 12.4 Å². The van der Waals surface area contributed by atoms with Crippen molar-refractivity contribution in [2.75, 3.05) is 19.6 Å². The molecule has 0 spiro atoms. The maximum absolute atomic E-state index is 11.8. The lowest BCUT2D eigenvalue weighted by atomic mass is 10.2. The molecule has 0 saturated heterocycles. The first-order valence-corrected chi connectivity index (χ1v) is 8.16. The third kappa shape index (κ3) is 4.43. The molecule has 0 unspecified atom stereocenters. The Morgan fingerprint density at radius 1 is 1.27 bits per heavy atom. The van der Waals surface area contributed by atoms with Gasteiger partial charge in [-0.2, -0.15) is 0 Å². The van der Waals surface area contributed by atoms with Crippen molar-refractivity contribution in [1.82, 2.24) is 10.0 Å². The number of amides is 1. The number of sulfonamides is 1. The molecule has 0 bridgehead atoms. The largest absolute Gasteiger partial charge is 0.354 e. The number of benzene rings is 1. The minimum Gasteiger partial charge on any atom is -0.354 e. The van der Waals surface area contributed by atoms with Gasteiger partial charge in [0.15, 0.2) is 0 Å². The van der Waals surface area contributed by atoms with Gasteiger partial charge in [0.2, 0.25) is 5.91 Å². The van der Waals surface area contributed by atoms with Crippen LogP contribution in [0, 0.1) is 0 Å². The zero-order valence-corrected chi connectivity index (χ0v) is 13.5. The van der Waals surface area contributed by atoms with E-state index in [4.69, 9.17) is 5.73 Å². The molecule has 1 aliphatic rings. The van der Waals surface area contributed by atoms with Crippen LogP contribution in [0.3, 0.4) is 0 Å². The van der Waals surface area contributed by atoms with Crippen LogP contribution in [-0.2, 0) is 14.8 Å². The number of carbonyl (C=O) groups excluding carboxylic acids is 1. The predicted octanol–water partition coefficient (Wildman–Crippen LogP) is 0.00200. The molecule has 7 nitrogen and oxygen atoms in total. The van der Waals surface area contributed by atoms with Gasteiger partial charge in [0, 0.05) is 12.1 Å². The topological polar surface area (TPSA) is 114 Å². The first-order chi connectivity index (χ1) is 10.0. The number of nitrogens with zero attached hydrogens (tertiary/aromatic N) is 1. The van der Waals surface area contributed by atoms with E-state index in [2.05, 4.69) is 15.0 Å². The minimum absolute atomic E-state index is 0. The summed E-state index contributed by atoms with van der Waals surface area (Å²) in [5.41, 5.74) is 5.85. The summed E-state index contributed by atoms with van der Waals surface area (Å²) in [5, 5.41) is 2.71. The van der Waals surface area contributed by atoms with Crippen LogP contribution in [0.2, 0.25) is 0 Å². The smallest absolute Gasteiger partial charge is 0.263 e. The molecule has 0 saturated carbocycles. The van der Waals surface area contributed by atoms with Crippen molar-refractivity contribution in [3.8, 4) is 0 Å². The fourth-order valence-corrected chi connectivity index (χ4v) is 3.21. The third-order valence-electron chi connectivity index (χ3n) is 3.00. The van der Waals surface area contributed by atoms with Crippen LogP contribution in [0.1, 0.15) is 18.4 Å². The predicted molar refractivity (Wildman–Crippen MR) is 86.7 cm³/mol. The van der Waals surface area contributed by atoms with Crippen molar-refractivity contribution in [2.45, 2.75) is 17.7 Å². The number of fused-ring (bicyclic) bond motifs is 1. The molecule has 1 amide bonds. The highest BCUT2D eigenvalue weighted by Gasteiger charge is 2.30. The molecule has 0 aromatic heterocycles. The van der Waals surface area contributed by atoms with Gasteiger partial charge < -0.3 is 11.1 Å². The summed E-state index contributed by atoms with van der Waals surface area (Å²) in [4.78, 5) is 15.8. The summed E-state index contributed by atoms with van der Waals surface area (Å²) in [6, 6.07) is 6.53. The van der Waals surface area contributed by atoms with E-state index in [1.54, 1.807) is 18.2 Å². The molecule has 122 valence electrons. The average molecular weight is 347 g/mol. The minimum atomic E-state index is -3.55. The van der Waals surface area contributed by atoms with Gasteiger partial charge in [0.1, 0.15) is 12.4 Å². The quantitative estimate of drug-likeness (QED) is 0.629. The van der Waals surface area contributed by atoms with Crippen LogP contribution in [-0.4, -0.2) is 39.8 Å². The van der Waals surface area contributed by atoms with Gasteiger partial charge in [-0.25, -0.2) is 8.42 Å². The van der Waals surface area contributed by atoms with Crippen LogP contribution in [0.5, 0.6) is 0 Å². The molecular formula is C13H19ClN4O3S. The van der Waals surface area contributed by atoms with Crippen LogP contribution < -0.4 is 15.8 Å². The van der Waals surface area contributed by atoms with E-state index in [1.165, 1.54) is 6.07 Å². The second-order valence-electron chi connectivity index (χ2n) is 4.61. The van der Waals surface area contributed by atoms with Gasteiger partial charge in [0.25, 0.3) is 10.0 Å². The fraction of sp³-hybridized carbons (Fsp3) is 0.385. The molecule has 1 aromatic rings. The first-order valence-electron chi connectivity index (χ1n) is 6.68. The van der Waals surface area contributed by atoms with Gasteiger partial charge in [-0.1, -0.05) is 12.1 Å². The van der Waals surface area contributed by atoms with Crippen molar-refractivity contribution in [3.63, 3.8) is 0 Å². The molecule has 0 aliphatic carbocycles. The number of unbranched alkanes of at least 4 members (excludes halogenated alkanes) is 1. The second kappa shape index (κ2) is 8.11. The van der Waals surface area contributed by atoms with Gasteiger partial charge in [-0.15, -0.1) is 12.4 Å². The molecular weight excluding hydrogens is 328 g/mol. The van der Waals surface area contributed by atoms with E-state index >= 15 is 0 Å². The summed E-state index contributed by atoms with van der Waals surface area (Å²) in [5.74, 6) is -0.0363. The molecule has 0 radical (unpaired) electrons. The Kier molecular flexibility index (Phi) is 6.79. The number of hydrogen-bond donors (Lipinski definition) is 3. The zero-order valence-electron chi connectivity index (χ0n) is 11.9. The Balaban J connectivity index is 0.00000242. The molecule has 0 fully saturated rings. The molecule has 4 N–H and O–H groups in total. The SMILES string of the molecule is Cl.NCCCCNC(=O)CN=C1NS(=O)(=O)c2ccccc21. The number of nitrogens with two attached hydrogens (primary N) is 1. The van der Waals surface area contributed by atoms with Crippen molar-refractivity contribution in [3.05, 3.63) is 29.8 Å². The van der Waals surface area contributed by atoms with Gasteiger partial charge in [-0.3, -0.25) is 14.5 Å². The van der Waals surface area contributed by atoms with Gasteiger partial charge in [-0.05, 0) is 31.5 Å². The van der Waals surface area contributed by atoms with Crippen LogP contribution in [0.25, 0.3) is 0 Å². The Morgan fingerprint density at radius 3 is 2.73 bits per heavy atom. The summed E-state index contributed by atoms with van der Waals surface area (Å²) < 4.78 is 26.0. The molecule has 22 heavy (non-hydrogen) atoms. The molecule has 1 aliphatic heterocycles. The summed E-state index contributed by atoms with van der Waals surface area (Å²) in [6.07, 6.45) is 1.66. The standard InChI is InChI=1S/C13H18N4O3S.ClH/c14-7-3-4-8-15-12(18)9-16-13-10-5-1-2-6-11(10)21(19,20)17-13;/h1-2,5-6H,3-4,7-9,14H2,(H,15,18)(H,16,17);1H. The van der Waals surface area contributed by atoms with Crippen molar-refractivity contribution < 1.29 is 13.2 Å². The van der Waals surface area contributed by atoms with E-state index in [0.717, 1.165) is 12.8 Å². The Hall–Kier alpha value is -1.64. The molecule has 9 heteroatoms. The summed E-state index contributed by atoms with van der Waals surface area (Å²) in [7, 11) is -3.55. The van der Waals surface area contributed by atoms with E-state index in [-0.39, 0.29) is 35.6 Å². The van der Waals surface area contributed by atoms with Crippen LogP contribution in [0.15, 0.2) is 34.2 Å². The van der Waals surface area contributed by atoms with Crippen molar-refractivity contribution in [1.29, 1.82) is 0 Å². The van der Waals surface area contributed by atoms with Gasteiger partial charge in [0.05, 0.1) is 4.90 Å². The Labute approximate surface area is 135 Å². The summed E-state index contributed by atoms with van der Waals surface area (Å²) >= 11 is 0. The lowest BCUT2D eigenvalue weighted by Gasteiger charge is -2.03. The van der Waals surface area contributed by atoms with Crippen LogP contribution in [0.4, 0.5) is 0 Å². The molecule has 2 rings (SSSR count). The van der Waals surface area contributed by atoms with Crippen molar-refractivity contribution >= 4 is 34.2 Å². The number of hydrogen-bond acceptors (Lipinski definition) is 5. The zero-order chi connectivity index (χ0) is 15.3. The van der Waals surface area contributed by atoms with E-state index in [9.17, 15) is 13.2 Å². The van der Waals surface area contributed by atoms with E-state index in [1.807, 2.05) is 0 Å². The highest BCUT2D eigenvalue weighted by molar-refractivity contribution is 7.90. The lowest BCUT2D eigenvalue weighted by molar-refractivity contribution is -0.119. The maximum atomic E-state index is 11.8. The lowest BCUT2D eigenvalue weighted by Crippen LogP contribution is -2.29. The second-order valence-corrected chi connectivity index (χ2v) is 6.26. The number of carbonyl (C=O) groups is 1. The van der Waals surface area contributed by atoms with Gasteiger partial charge >= 0.3 is 0 Å². The molecule has 0 atom stereocenters. The molecule has 1 heterocycles. The molecule has 1 aromatic carbocycles. The summed E-state index contributed by atoms with van der Waals surface area (Å²) in [6.45, 7) is 1.02. The van der Waals surface area contributed by atoms with E-state index < -0.39 is 10.0 Å². The first kappa shape index (κ1) is 18.4. The monoisotopic (exact) mass is 346 g/mol. The highest BCUT2D eigenvalue weighted by Crippen LogP contribution is 2.21. The third-order valence-corrected chi connectivity index (χ3v) is 4.39. The number of nitrogens with one attached hydrogen (secondary N) is 2. The highest BCUT2D eigenvalue weighted by atomic mass is 35.5. The Bertz CT molecular complexity index is 661. The fourth-order valence-electron chi connectivity index (χ4n) is 1.96.